The van der Waals surface area contributed by atoms with Crippen LogP contribution in [0, 0.1) is 5.41 Å². The van der Waals surface area contributed by atoms with Crippen LogP contribution in [0.2, 0.25) is 5.02 Å². The number of nitrogens with zero attached hydrogens (tertiary/aromatic N) is 1. The number of hydrogen-bond acceptors (Lipinski definition) is 4. The monoisotopic (exact) mass is 396 g/mol. The van der Waals surface area contributed by atoms with Crippen molar-refractivity contribution < 1.29 is 19.4 Å². The predicted octanol–water partition coefficient (Wildman–Crippen LogP) is 3.91. The van der Waals surface area contributed by atoms with Gasteiger partial charge < -0.3 is 24.8 Å². The van der Waals surface area contributed by atoms with Gasteiger partial charge in [-0.2, -0.15) is 0 Å². The molecule has 27 heavy (non-hydrogen) atoms. The lowest BCUT2D eigenvalue weighted by Crippen LogP contribution is -2.47. The number of methoxy groups -OCH3 is 1. The fourth-order valence-electron chi connectivity index (χ4n) is 4.03. The van der Waals surface area contributed by atoms with E-state index in [0.717, 1.165) is 38.7 Å². The number of likely N-dealkylation sites (tertiary alicyclic amines) is 1. The highest BCUT2D eigenvalue weighted by molar-refractivity contribution is 6.31. The minimum absolute atomic E-state index is 0.143. The Morgan fingerprint density at radius 1 is 1.41 bits per heavy atom. The van der Waals surface area contributed by atoms with E-state index in [-0.39, 0.29) is 24.2 Å². The summed E-state index contributed by atoms with van der Waals surface area (Å²) in [5.74, 6) is 0.573. The minimum Gasteiger partial charge on any atom is -0.495 e. The molecule has 0 aliphatic carbocycles. The van der Waals surface area contributed by atoms with Crippen molar-refractivity contribution in [2.24, 2.45) is 5.41 Å². The molecule has 1 aromatic rings. The summed E-state index contributed by atoms with van der Waals surface area (Å²) in [7, 11) is 1.56. The van der Waals surface area contributed by atoms with Crippen LogP contribution in [0.4, 0.5) is 10.5 Å². The first-order valence-corrected chi connectivity index (χ1v) is 10.0. The third kappa shape index (κ3) is 5.06. The summed E-state index contributed by atoms with van der Waals surface area (Å²) in [5, 5.41) is 13.5. The van der Waals surface area contributed by atoms with E-state index in [9.17, 15) is 9.90 Å². The average molecular weight is 397 g/mol. The smallest absolute Gasteiger partial charge is 0.321 e. The Morgan fingerprint density at radius 3 is 2.81 bits per heavy atom. The van der Waals surface area contributed by atoms with Gasteiger partial charge in [-0.25, -0.2) is 4.79 Å². The van der Waals surface area contributed by atoms with Crippen molar-refractivity contribution in [3.63, 3.8) is 0 Å². The number of urea groups is 1. The number of amides is 2. The Balaban J connectivity index is 1.57. The molecule has 0 spiro atoms. The van der Waals surface area contributed by atoms with E-state index in [1.807, 2.05) is 0 Å². The van der Waals surface area contributed by atoms with Crippen molar-refractivity contribution in [2.45, 2.75) is 44.6 Å². The van der Waals surface area contributed by atoms with E-state index < -0.39 is 0 Å². The topological polar surface area (TPSA) is 71.0 Å². The zero-order valence-electron chi connectivity index (χ0n) is 15.9. The van der Waals surface area contributed by atoms with Gasteiger partial charge in [-0.15, -0.1) is 0 Å². The number of piperidine rings is 1. The molecule has 2 fully saturated rings. The molecule has 2 aliphatic rings. The number of carbonyl (C=O) groups excluding carboxylic acids is 1. The second-order valence-corrected chi connectivity index (χ2v) is 8.05. The fourth-order valence-corrected chi connectivity index (χ4v) is 4.21. The lowest BCUT2D eigenvalue weighted by molar-refractivity contribution is -0.0440. The molecule has 2 N–H and O–H groups in total. The number of rotatable bonds is 5. The van der Waals surface area contributed by atoms with Crippen LogP contribution in [0.3, 0.4) is 0 Å². The fraction of sp³-hybridized carbons (Fsp3) is 0.650. The van der Waals surface area contributed by atoms with Gasteiger partial charge in [0.05, 0.1) is 18.9 Å². The van der Waals surface area contributed by atoms with Crippen LogP contribution in [0.1, 0.15) is 38.5 Å². The van der Waals surface area contributed by atoms with E-state index in [2.05, 4.69) is 5.32 Å². The zero-order chi connectivity index (χ0) is 19.3. The van der Waals surface area contributed by atoms with Crippen molar-refractivity contribution in [2.75, 3.05) is 38.7 Å². The highest BCUT2D eigenvalue weighted by Gasteiger charge is 2.38. The van der Waals surface area contributed by atoms with E-state index in [1.54, 1.807) is 30.2 Å². The maximum Gasteiger partial charge on any atom is 0.321 e. The predicted molar refractivity (Wildman–Crippen MR) is 106 cm³/mol. The van der Waals surface area contributed by atoms with Gasteiger partial charge in [0.1, 0.15) is 5.75 Å². The summed E-state index contributed by atoms with van der Waals surface area (Å²) in [6.07, 6.45) is 6.07. The number of anilines is 1. The third-order valence-electron chi connectivity index (χ3n) is 5.78. The molecule has 2 aliphatic heterocycles. The van der Waals surface area contributed by atoms with Crippen molar-refractivity contribution in [1.82, 2.24) is 4.90 Å². The number of hydrogen-bond donors (Lipinski definition) is 2. The SMILES string of the molecule is COc1ccc(Cl)cc1NC(=O)N1CCC(CO)(CC2CCCCO2)CC1. The van der Waals surface area contributed by atoms with Gasteiger partial charge in [0.2, 0.25) is 0 Å². The summed E-state index contributed by atoms with van der Waals surface area (Å²) < 4.78 is 11.2. The zero-order valence-corrected chi connectivity index (χ0v) is 16.6. The number of nitrogens with one attached hydrogen (secondary N) is 1. The van der Waals surface area contributed by atoms with Gasteiger partial charge in [-0.1, -0.05) is 11.6 Å². The van der Waals surface area contributed by atoms with E-state index in [1.165, 1.54) is 6.42 Å². The van der Waals surface area contributed by atoms with E-state index >= 15 is 0 Å². The lowest BCUT2D eigenvalue weighted by Gasteiger charge is -2.43. The van der Waals surface area contributed by atoms with Crippen LogP contribution in [-0.2, 0) is 4.74 Å². The number of aliphatic hydroxyl groups excluding tert-OH is 1. The number of benzene rings is 1. The highest BCUT2D eigenvalue weighted by atomic mass is 35.5. The summed E-state index contributed by atoms with van der Waals surface area (Å²) in [6.45, 7) is 2.19. The van der Waals surface area contributed by atoms with E-state index in [4.69, 9.17) is 21.1 Å². The van der Waals surface area contributed by atoms with Gasteiger partial charge in [-0.3, -0.25) is 0 Å². The van der Waals surface area contributed by atoms with Crippen molar-refractivity contribution >= 4 is 23.3 Å². The van der Waals surface area contributed by atoms with Gasteiger partial charge in [0.15, 0.2) is 0 Å². The largest absolute Gasteiger partial charge is 0.495 e. The molecule has 1 atom stereocenters. The number of halogens is 1. The molecule has 0 saturated carbocycles. The third-order valence-corrected chi connectivity index (χ3v) is 6.02. The number of carbonyl (C=O) groups is 1. The molecule has 6 nitrogen and oxygen atoms in total. The van der Waals surface area contributed by atoms with Gasteiger partial charge in [-0.05, 0) is 62.1 Å². The molecule has 2 heterocycles. The maximum atomic E-state index is 12.7. The highest BCUT2D eigenvalue weighted by Crippen LogP contribution is 2.38. The van der Waals surface area contributed by atoms with Crippen LogP contribution < -0.4 is 10.1 Å². The first-order valence-electron chi connectivity index (χ1n) is 9.67. The van der Waals surface area contributed by atoms with Crippen molar-refractivity contribution in [1.29, 1.82) is 0 Å². The maximum absolute atomic E-state index is 12.7. The van der Waals surface area contributed by atoms with Gasteiger partial charge >= 0.3 is 6.03 Å². The molecule has 0 radical (unpaired) electrons. The summed E-state index contributed by atoms with van der Waals surface area (Å²) >= 11 is 6.03. The first-order chi connectivity index (χ1) is 13.0. The molecule has 1 unspecified atom stereocenters. The van der Waals surface area contributed by atoms with Crippen LogP contribution in [0.5, 0.6) is 5.75 Å². The summed E-state index contributed by atoms with van der Waals surface area (Å²) in [6, 6.07) is 4.96. The van der Waals surface area contributed by atoms with E-state index in [0.29, 0.717) is 29.5 Å². The van der Waals surface area contributed by atoms with Crippen LogP contribution in [0.15, 0.2) is 18.2 Å². The molecule has 7 heteroatoms. The Bertz CT molecular complexity index is 641. The van der Waals surface area contributed by atoms with Gasteiger partial charge in [0.25, 0.3) is 0 Å². The van der Waals surface area contributed by atoms with Crippen LogP contribution >= 0.6 is 11.6 Å². The molecule has 0 aromatic heterocycles. The normalized spacial score (nSPS) is 22.3. The molecule has 1 aromatic carbocycles. The van der Waals surface area contributed by atoms with Crippen LogP contribution in [-0.4, -0.2) is 55.6 Å². The molecule has 0 bridgehead atoms. The standard InChI is InChI=1S/C20H29ClN2O4/c1-26-18-6-5-15(21)12-17(18)22-19(25)23-9-7-20(14-24,8-10-23)13-16-4-2-3-11-27-16/h5-6,12,16,24H,2-4,7-11,13-14H2,1H3,(H,22,25). The van der Waals surface area contributed by atoms with Crippen LogP contribution in [0.25, 0.3) is 0 Å². The molecular formula is C20H29ClN2O4. The Morgan fingerprint density at radius 2 is 2.19 bits per heavy atom. The van der Waals surface area contributed by atoms with Gasteiger partial charge in [0, 0.05) is 31.3 Å². The Kier molecular flexibility index (Phi) is 6.84. The summed E-state index contributed by atoms with van der Waals surface area (Å²) in [5.41, 5.74) is 0.414. The molecule has 2 amide bonds. The Labute approximate surface area is 165 Å². The van der Waals surface area contributed by atoms with Crippen molar-refractivity contribution in [3.8, 4) is 5.75 Å². The molecule has 2 saturated heterocycles. The second-order valence-electron chi connectivity index (χ2n) is 7.61. The summed E-state index contributed by atoms with van der Waals surface area (Å²) in [4.78, 5) is 14.5. The minimum atomic E-state index is -0.170. The quantitative estimate of drug-likeness (QED) is 0.791. The second kappa shape index (κ2) is 9.13. The average Bonchev–Trinajstić information content (AvgIpc) is 2.69. The lowest BCUT2D eigenvalue weighted by atomic mass is 9.74. The number of ether oxygens (including phenoxy) is 2. The Hall–Kier alpha value is -1.50. The molecule has 3 rings (SSSR count). The first kappa shape index (κ1) is 20.2. The molecule has 150 valence electrons. The molecular weight excluding hydrogens is 368 g/mol. The van der Waals surface area contributed by atoms with Crippen molar-refractivity contribution in [3.05, 3.63) is 23.2 Å². The number of aliphatic hydroxyl groups is 1.